The highest BCUT2D eigenvalue weighted by molar-refractivity contribution is 6.31. The third-order valence-corrected chi connectivity index (χ3v) is 6.13. The van der Waals surface area contributed by atoms with Crippen molar-refractivity contribution in [2.75, 3.05) is 11.9 Å². The molecule has 1 saturated heterocycles. The molecule has 0 radical (unpaired) electrons. The molecule has 1 aromatic heterocycles. The van der Waals surface area contributed by atoms with Crippen LogP contribution in [0.3, 0.4) is 0 Å². The van der Waals surface area contributed by atoms with E-state index in [0.29, 0.717) is 36.2 Å². The predicted octanol–water partition coefficient (Wildman–Crippen LogP) is 6.33. The summed E-state index contributed by atoms with van der Waals surface area (Å²) < 4.78 is 41.4. The molecule has 2 amide bonds. The molecule has 0 bridgehead atoms. The summed E-state index contributed by atoms with van der Waals surface area (Å²) in [6.07, 6.45) is -3.22. The molecule has 1 fully saturated rings. The Bertz CT molecular complexity index is 1160. The molecule has 6 nitrogen and oxygen atoms in total. The van der Waals surface area contributed by atoms with Crippen LogP contribution in [0.25, 0.3) is 0 Å². The zero-order valence-electron chi connectivity index (χ0n) is 17.5. The number of alkyl halides is 3. The van der Waals surface area contributed by atoms with Gasteiger partial charge in [-0.2, -0.15) is 13.2 Å². The number of halogens is 5. The SMILES string of the molecule is Cc1nnc(C2CCCN2C(=O)Nc2ccc(Cl)c(C(F)(F)F)c2)n1Cc1ccc(Cl)cc1. The number of amides is 2. The quantitative estimate of drug-likeness (QED) is 0.458. The van der Waals surface area contributed by atoms with E-state index in [1.807, 2.05) is 23.6 Å². The highest BCUT2D eigenvalue weighted by Crippen LogP contribution is 2.37. The van der Waals surface area contributed by atoms with E-state index in [1.54, 1.807) is 17.0 Å². The van der Waals surface area contributed by atoms with Gasteiger partial charge < -0.3 is 14.8 Å². The highest BCUT2D eigenvalue weighted by Gasteiger charge is 2.36. The van der Waals surface area contributed by atoms with Gasteiger partial charge in [-0.3, -0.25) is 0 Å². The van der Waals surface area contributed by atoms with Crippen LogP contribution >= 0.6 is 23.2 Å². The van der Waals surface area contributed by atoms with E-state index in [1.165, 1.54) is 6.07 Å². The summed E-state index contributed by atoms with van der Waals surface area (Å²) in [7, 11) is 0. The minimum atomic E-state index is -4.62. The van der Waals surface area contributed by atoms with Crippen LogP contribution in [0.2, 0.25) is 10.0 Å². The lowest BCUT2D eigenvalue weighted by molar-refractivity contribution is -0.137. The van der Waals surface area contributed by atoms with Crippen LogP contribution in [-0.2, 0) is 12.7 Å². The Morgan fingerprint density at radius 1 is 1.15 bits per heavy atom. The van der Waals surface area contributed by atoms with Gasteiger partial charge in [0.15, 0.2) is 5.82 Å². The van der Waals surface area contributed by atoms with E-state index in [-0.39, 0.29) is 11.7 Å². The monoisotopic (exact) mass is 497 g/mol. The van der Waals surface area contributed by atoms with Gasteiger partial charge in [-0.25, -0.2) is 4.79 Å². The molecule has 1 N–H and O–H groups in total. The summed E-state index contributed by atoms with van der Waals surface area (Å²) in [4.78, 5) is 14.6. The molecule has 11 heteroatoms. The number of carbonyl (C=O) groups excluding carboxylic acids is 1. The lowest BCUT2D eigenvalue weighted by Gasteiger charge is -2.25. The van der Waals surface area contributed by atoms with Crippen LogP contribution in [-0.4, -0.2) is 32.2 Å². The summed E-state index contributed by atoms with van der Waals surface area (Å²) in [6.45, 7) is 2.78. The maximum absolute atomic E-state index is 13.2. The highest BCUT2D eigenvalue weighted by atomic mass is 35.5. The van der Waals surface area contributed by atoms with Gasteiger partial charge in [0.2, 0.25) is 0 Å². The molecule has 2 heterocycles. The summed E-state index contributed by atoms with van der Waals surface area (Å²) in [6, 6.07) is 9.84. The van der Waals surface area contributed by atoms with Crippen molar-refractivity contribution in [3.8, 4) is 0 Å². The van der Waals surface area contributed by atoms with Gasteiger partial charge in [-0.05, 0) is 55.7 Å². The Labute approximate surface area is 198 Å². The average Bonchev–Trinajstić information content (AvgIpc) is 3.37. The van der Waals surface area contributed by atoms with Crippen LogP contribution in [0.4, 0.5) is 23.7 Å². The molecule has 4 rings (SSSR count). The molecule has 0 aliphatic carbocycles. The second-order valence-electron chi connectivity index (χ2n) is 7.79. The van der Waals surface area contributed by atoms with Gasteiger partial charge in [0.1, 0.15) is 5.82 Å². The van der Waals surface area contributed by atoms with Crippen molar-refractivity contribution in [2.24, 2.45) is 0 Å². The number of likely N-dealkylation sites (tertiary alicyclic amines) is 1. The molecule has 2 aromatic carbocycles. The lowest BCUT2D eigenvalue weighted by atomic mass is 10.2. The number of aromatic nitrogens is 3. The summed E-state index contributed by atoms with van der Waals surface area (Å²) in [5.41, 5.74) is 0.0119. The number of hydrogen-bond donors (Lipinski definition) is 1. The summed E-state index contributed by atoms with van der Waals surface area (Å²) in [5.74, 6) is 1.32. The molecule has 174 valence electrons. The molecule has 1 aliphatic rings. The first-order valence-corrected chi connectivity index (χ1v) is 11.0. The van der Waals surface area contributed by atoms with Crippen LogP contribution in [0, 0.1) is 6.92 Å². The van der Waals surface area contributed by atoms with E-state index >= 15 is 0 Å². The number of hydrogen-bond acceptors (Lipinski definition) is 3. The zero-order chi connectivity index (χ0) is 23.8. The Morgan fingerprint density at radius 3 is 2.58 bits per heavy atom. The molecule has 0 saturated carbocycles. The maximum Gasteiger partial charge on any atom is 0.417 e. The fraction of sp³-hybridized carbons (Fsp3) is 0.318. The van der Waals surface area contributed by atoms with Crippen molar-refractivity contribution in [1.82, 2.24) is 19.7 Å². The normalized spacial score (nSPS) is 16.3. The van der Waals surface area contributed by atoms with Crippen LogP contribution < -0.4 is 5.32 Å². The van der Waals surface area contributed by atoms with Crippen LogP contribution in [0.1, 0.15) is 41.7 Å². The molecule has 1 aliphatic heterocycles. The maximum atomic E-state index is 13.2. The Balaban J connectivity index is 1.55. The van der Waals surface area contributed by atoms with E-state index < -0.39 is 22.8 Å². The average molecular weight is 498 g/mol. The number of anilines is 1. The van der Waals surface area contributed by atoms with Crippen molar-refractivity contribution in [3.63, 3.8) is 0 Å². The van der Waals surface area contributed by atoms with Gasteiger partial charge in [-0.1, -0.05) is 35.3 Å². The molecular weight excluding hydrogens is 478 g/mol. The second kappa shape index (κ2) is 9.23. The van der Waals surface area contributed by atoms with Crippen molar-refractivity contribution in [3.05, 3.63) is 75.3 Å². The van der Waals surface area contributed by atoms with E-state index in [0.717, 1.165) is 24.1 Å². The largest absolute Gasteiger partial charge is 0.417 e. The first-order valence-electron chi connectivity index (χ1n) is 10.2. The third kappa shape index (κ3) is 5.09. The number of benzene rings is 2. The van der Waals surface area contributed by atoms with Gasteiger partial charge in [0.05, 0.1) is 23.2 Å². The number of urea groups is 1. The Kier molecular flexibility index (Phi) is 6.54. The van der Waals surface area contributed by atoms with Gasteiger partial charge in [0.25, 0.3) is 0 Å². The summed E-state index contributed by atoms with van der Waals surface area (Å²) in [5, 5.41) is 11.3. The van der Waals surface area contributed by atoms with E-state index in [2.05, 4.69) is 15.5 Å². The first-order chi connectivity index (χ1) is 15.6. The minimum Gasteiger partial charge on any atom is -0.314 e. The van der Waals surface area contributed by atoms with Crippen molar-refractivity contribution < 1.29 is 18.0 Å². The second-order valence-corrected chi connectivity index (χ2v) is 8.64. The fourth-order valence-electron chi connectivity index (χ4n) is 3.91. The predicted molar refractivity (Wildman–Crippen MR) is 119 cm³/mol. The third-order valence-electron chi connectivity index (χ3n) is 5.55. The molecule has 1 atom stereocenters. The smallest absolute Gasteiger partial charge is 0.314 e. The number of rotatable bonds is 4. The van der Waals surface area contributed by atoms with Gasteiger partial charge in [0, 0.05) is 17.3 Å². The number of nitrogens with zero attached hydrogens (tertiary/aromatic N) is 4. The number of nitrogens with one attached hydrogen (secondary N) is 1. The standard InChI is InChI=1S/C22H20Cl2F3N5O/c1-13-29-30-20(32(13)12-14-4-6-15(23)7-5-14)19-3-2-10-31(19)21(33)28-16-8-9-18(24)17(11-16)22(25,26)27/h4-9,11,19H,2-3,10,12H2,1H3,(H,28,33). The Hall–Kier alpha value is -2.78. The van der Waals surface area contributed by atoms with Gasteiger partial charge >= 0.3 is 12.2 Å². The van der Waals surface area contributed by atoms with Crippen molar-refractivity contribution in [2.45, 2.75) is 38.5 Å². The topological polar surface area (TPSA) is 63.1 Å². The first kappa shape index (κ1) is 23.4. The van der Waals surface area contributed by atoms with Gasteiger partial charge in [-0.15, -0.1) is 10.2 Å². The molecular formula is C22H20Cl2F3N5O. The minimum absolute atomic E-state index is 0.0150. The number of aryl methyl sites for hydroxylation is 1. The Morgan fingerprint density at radius 2 is 1.88 bits per heavy atom. The molecule has 3 aromatic rings. The van der Waals surface area contributed by atoms with Crippen molar-refractivity contribution in [1.29, 1.82) is 0 Å². The van der Waals surface area contributed by atoms with Crippen LogP contribution in [0.15, 0.2) is 42.5 Å². The number of carbonyl (C=O) groups is 1. The fourth-order valence-corrected chi connectivity index (χ4v) is 4.26. The summed E-state index contributed by atoms with van der Waals surface area (Å²) >= 11 is 11.6. The van der Waals surface area contributed by atoms with E-state index in [9.17, 15) is 18.0 Å². The zero-order valence-corrected chi connectivity index (χ0v) is 19.0. The molecule has 0 spiro atoms. The van der Waals surface area contributed by atoms with Crippen molar-refractivity contribution >= 4 is 34.9 Å². The van der Waals surface area contributed by atoms with E-state index in [4.69, 9.17) is 23.2 Å². The molecule has 1 unspecified atom stereocenters. The lowest BCUT2D eigenvalue weighted by Crippen LogP contribution is -2.35. The molecule has 33 heavy (non-hydrogen) atoms. The van der Waals surface area contributed by atoms with Crippen LogP contribution in [0.5, 0.6) is 0 Å².